The molecular weight excluding hydrogens is 266 g/mol. The van der Waals surface area contributed by atoms with Gasteiger partial charge in [0.05, 0.1) is 12.9 Å². The van der Waals surface area contributed by atoms with Gasteiger partial charge in [-0.2, -0.15) is 0 Å². The fraction of sp³-hybridized carbons (Fsp3) is 0.250. The number of nitrogens with zero attached hydrogens (tertiary/aromatic N) is 2. The predicted molar refractivity (Wildman–Crippen MR) is 85.8 cm³/mol. The molecule has 0 spiro atoms. The van der Waals surface area contributed by atoms with E-state index in [9.17, 15) is 4.79 Å². The molecule has 0 aliphatic carbocycles. The van der Waals surface area contributed by atoms with E-state index in [-0.39, 0.29) is 5.97 Å². The van der Waals surface area contributed by atoms with Crippen molar-refractivity contribution in [2.45, 2.75) is 6.92 Å². The molecule has 1 aromatic carbocycles. The second-order valence-electron chi connectivity index (χ2n) is 4.73. The van der Waals surface area contributed by atoms with Crippen LogP contribution >= 0.6 is 0 Å². The predicted octanol–water partition coefficient (Wildman–Crippen LogP) is 2.97. The molecule has 0 radical (unpaired) electrons. The summed E-state index contributed by atoms with van der Waals surface area (Å²) >= 11 is 0. The monoisotopic (exact) mass is 285 g/mol. The smallest absolute Gasteiger partial charge is 0.330 e. The standard InChI is InChI=1S/C16H19N3O2/c1-4-21-15(20)10-9-13-12-7-5-6-8-14(12)18-16(13)17-11-19(2)3/h5-11,18H,4H2,1-3H3. The SMILES string of the molecule is CCOC(=O)C=Cc1c(N=CN(C)C)[nH]c2ccccc12. The van der Waals surface area contributed by atoms with Crippen LogP contribution in [0.15, 0.2) is 35.3 Å². The van der Waals surface area contributed by atoms with Gasteiger partial charge in [0.1, 0.15) is 5.82 Å². The number of aliphatic imine (C=N–C) groups is 1. The van der Waals surface area contributed by atoms with Crippen LogP contribution in [0.1, 0.15) is 12.5 Å². The van der Waals surface area contributed by atoms with Crippen LogP contribution in [-0.2, 0) is 9.53 Å². The zero-order valence-electron chi connectivity index (χ0n) is 12.5. The Bertz CT molecular complexity index is 684. The zero-order valence-corrected chi connectivity index (χ0v) is 12.5. The number of nitrogens with one attached hydrogen (secondary N) is 1. The molecule has 5 nitrogen and oxygen atoms in total. The molecule has 0 fully saturated rings. The van der Waals surface area contributed by atoms with Crippen molar-refractivity contribution in [3.63, 3.8) is 0 Å². The highest BCUT2D eigenvalue weighted by atomic mass is 16.5. The first-order valence-electron chi connectivity index (χ1n) is 6.78. The summed E-state index contributed by atoms with van der Waals surface area (Å²) in [7, 11) is 3.81. The molecule has 0 bridgehead atoms. The van der Waals surface area contributed by atoms with Gasteiger partial charge in [0, 0.05) is 36.6 Å². The highest BCUT2D eigenvalue weighted by molar-refractivity contribution is 5.98. The molecule has 0 atom stereocenters. The Morgan fingerprint density at radius 1 is 1.38 bits per heavy atom. The second-order valence-corrected chi connectivity index (χ2v) is 4.73. The minimum Gasteiger partial charge on any atom is -0.463 e. The van der Waals surface area contributed by atoms with E-state index in [1.165, 1.54) is 6.08 Å². The van der Waals surface area contributed by atoms with Crippen molar-refractivity contribution < 1.29 is 9.53 Å². The maximum absolute atomic E-state index is 11.5. The number of ether oxygens (including phenoxy) is 1. The molecule has 110 valence electrons. The van der Waals surface area contributed by atoms with Crippen LogP contribution in [0.2, 0.25) is 0 Å². The van der Waals surface area contributed by atoms with Crippen LogP contribution in [0.25, 0.3) is 17.0 Å². The lowest BCUT2D eigenvalue weighted by Gasteiger charge is -2.01. The van der Waals surface area contributed by atoms with Gasteiger partial charge in [-0.1, -0.05) is 18.2 Å². The van der Waals surface area contributed by atoms with E-state index >= 15 is 0 Å². The Hall–Kier alpha value is -2.56. The summed E-state index contributed by atoms with van der Waals surface area (Å²) in [6.07, 6.45) is 4.87. The van der Waals surface area contributed by atoms with E-state index in [2.05, 4.69) is 9.98 Å². The van der Waals surface area contributed by atoms with Gasteiger partial charge in [-0.15, -0.1) is 0 Å². The number of hydrogen-bond donors (Lipinski definition) is 1. The van der Waals surface area contributed by atoms with Crippen LogP contribution in [-0.4, -0.2) is 42.9 Å². The highest BCUT2D eigenvalue weighted by Gasteiger charge is 2.08. The lowest BCUT2D eigenvalue weighted by molar-refractivity contribution is -0.137. The first-order chi connectivity index (χ1) is 10.1. The maximum Gasteiger partial charge on any atom is 0.330 e. The van der Waals surface area contributed by atoms with E-state index in [0.29, 0.717) is 12.4 Å². The summed E-state index contributed by atoms with van der Waals surface area (Å²) in [6, 6.07) is 7.88. The van der Waals surface area contributed by atoms with Gasteiger partial charge >= 0.3 is 5.97 Å². The molecule has 0 saturated carbocycles. The summed E-state index contributed by atoms with van der Waals surface area (Å²) in [4.78, 5) is 21.0. The Labute approximate surface area is 123 Å². The fourth-order valence-electron chi connectivity index (χ4n) is 1.93. The van der Waals surface area contributed by atoms with E-state index < -0.39 is 0 Å². The molecule has 21 heavy (non-hydrogen) atoms. The zero-order chi connectivity index (χ0) is 15.2. The molecule has 0 amide bonds. The maximum atomic E-state index is 11.5. The summed E-state index contributed by atoms with van der Waals surface area (Å²) in [6.45, 7) is 2.15. The molecular formula is C16H19N3O2. The molecule has 1 aromatic heterocycles. The number of carbonyl (C=O) groups is 1. The summed E-state index contributed by atoms with van der Waals surface area (Å²) < 4.78 is 4.91. The lowest BCUT2D eigenvalue weighted by atomic mass is 10.1. The lowest BCUT2D eigenvalue weighted by Crippen LogP contribution is -2.07. The summed E-state index contributed by atoms with van der Waals surface area (Å²) in [5.41, 5.74) is 1.85. The number of aromatic amines is 1. The number of para-hydroxylation sites is 1. The van der Waals surface area contributed by atoms with Crippen molar-refractivity contribution in [2.24, 2.45) is 4.99 Å². The molecule has 0 unspecified atom stereocenters. The molecule has 1 N–H and O–H groups in total. The highest BCUT2D eigenvalue weighted by Crippen LogP contribution is 2.29. The number of carbonyl (C=O) groups excluding carboxylic acids is 1. The number of aromatic nitrogens is 1. The van der Waals surface area contributed by atoms with Crippen molar-refractivity contribution in [3.8, 4) is 0 Å². The Kier molecular flexibility index (Phi) is 4.77. The summed E-state index contributed by atoms with van der Waals surface area (Å²) in [5.74, 6) is 0.357. The van der Waals surface area contributed by atoms with Gasteiger partial charge in [-0.05, 0) is 19.1 Å². The van der Waals surface area contributed by atoms with E-state index in [4.69, 9.17) is 4.74 Å². The summed E-state index contributed by atoms with van der Waals surface area (Å²) in [5, 5.41) is 1.02. The van der Waals surface area contributed by atoms with E-state index in [0.717, 1.165) is 16.5 Å². The molecule has 1 heterocycles. The average molecular weight is 285 g/mol. The van der Waals surface area contributed by atoms with E-state index in [1.54, 1.807) is 19.3 Å². The van der Waals surface area contributed by atoms with Gasteiger partial charge in [0.2, 0.25) is 0 Å². The van der Waals surface area contributed by atoms with Crippen LogP contribution in [0, 0.1) is 0 Å². The minimum atomic E-state index is -0.356. The van der Waals surface area contributed by atoms with Crippen molar-refractivity contribution in [1.29, 1.82) is 0 Å². The largest absolute Gasteiger partial charge is 0.463 e. The van der Waals surface area contributed by atoms with Crippen molar-refractivity contribution in [2.75, 3.05) is 20.7 Å². The third-order valence-electron chi connectivity index (χ3n) is 2.82. The van der Waals surface area contributed by atoms with Gasteiger partial charge in [0.15, 0.2) is 0 Å². The van der Waals surface area contributed by atoms with Crippen LogP contribution < -0.4 is 0 Å². The molecule has 0 aliphatic rings. The first-order valence-corrected chi connectivity index (χ1v) is 6.78. The number of benzene rings is 1. The average Bonchev–Trinajstić information content (AvgIpc) is 2.81. The van der Waals surface area contributed by atoms with E-state index in [1.807, 2.05) is 43.3 Å². The van der Waals surface area contributed by atoms with Crippen LogP contribution in [0.3, 0.4) is 0 Å². The fourth-order valence-corrected chi connectivity index (χ4v) is 1.93. The molecule has 5 heteroatoms. The third kappa shape index (κ3) is 3.72. The van der Waals surface area contributed by atoms with Crippen molar-refractivity contribution in [3.05, 3.63) is 35.9 Å². The Morgan fingerprint density at radius 2 is 2.14 bits per heavy atom. The molecule has 0 saturated heterocycles. The topological polar surface area (TPSA) is 57.7 Å². The quantitative estimate of drug-likeness (QED) is 0.398. The second kappa shape index (κ2) is 6.74. The van der Waals surface area contributed by atoms with Gasteiger partial charge < -0.3 is 14.6 Å². The van der Waals surface area contributed by atoms with Crippen LogP contribution in [0.4, 0.5) is 5.82 Å². The van der Waals surface area contributed by atoms with Gasteiger partial charge in [0.25, 0.3) is 0 Å². The van der Waals surface area contributed by atoms with Crippen LogP contribution in [0.5, 0.6) is 0 Å². The molecule has 2 rings (SSSR count). The number of esters is 1. The van der Waals surface area contributed by atoms with Crippen molar-refractivity contribution in [1.82, 2.24) is 9.88 Å². The first kappa shape index (κ1) is 14.8. The van der Waals surface area contributed by atoms with Gasteiger partial charge in [-0.3, -0.25) is 0 Å². The molecule has 2 aromatic rings. The number of hydrogen-bond acceptors (Lipinski definition) is 3. The number of rotatable bonds is 5. The Balaban J connectivity index is 2.43. The van der Waals surface area contributed by atoms with Gasteiger partial charge in [-0.25, -0.2) is 9.79 Å². The minimum absolute atomic E-state index is 0.356. The Morgan fingerprint density at radius 3 is 2.86 bits per heavy atom. The normalized spacial score (nSPS) is 11.6. The van der Waals surface area contributed by atoms with Crippen molar-refractivity contribution >= 4 is 35.1 Å². The third-order valence-corrected chi connectivity index (χ3v) is 2.82. The number of fused-ring (bicyclic) bond motifs is 1. The molecule has 0 aliphatic heterocycles. The number of H-pyrrole nitrogens is 1.